The molecule has 0 spiro atoms. The summed E-state index contributed by atoms with van der Waals surface area (Å²) in [6, 6.07) is 5.83. The van der Waals surface area contributed by atoms with E-state index in [1.807, 2.05) is 32.0 Å². The van der Waals surface area contributed by atoms with Crippen molar-refractivity contribution in [3.63, 3.8) is 0 Å². The summed E-state index contributed by atoms with van der Waals surface area (Å²) in [6.45, 7) is 6.15. The minimum Gasteiger partial charge on any atom is -0.496 e. The summed E-state index contributed by atoms with van der Waals surface area (Å²) < 4.78 is 11.0. The lowest BCUT2D eigenvalue weighted by atomic mass is 10.0. The predicted octanol–water partition coefficient (Wildman–Crippen LogP) is 3.28. The van der Waals surface area contributed by atoms with Crippen molar-refractivity contribution in [2.45, 2.75) is 45.8 Å². The molecule has 0 aliphatic carbocycles. The van der Waals surface area contributed by atoms with Gasteiger partial charge in [0.25, 0.3) is 0 Å². The summed E-state index contributed by atoms with van der Waals surface area (Å²) in [4.78, 5) is 0. The maximum absolute atomic E-state index is 6.15. The highest BCUT2D eigenvalue weighted by atomic mass is 16.5. The lowest BCUT2D eigenvalue weighted by Crippen LogP contribution is -2.12. The summed E-state index contributed by atoms with van der Waals surface area (Å²) in [5.41, 5.74) is 7.17. The molecule has 1 aromatic rings. The van der Waals surface area contributed by atoms with Gasteiger partial charge in [0.1, 0.15) is 11.5 Å². The van der Waals surface area contributed by atoms with Crippen molar-refractivity contribution in [2.75, 3.05) is 7.11 Å². The van der Waals surface area contributed by atoms with Crippen LogP contribution in [-0.2, 0) is 0 Å². The fraction of sp³-hybridized carbons (Fsp3) is 0.571. The highest BCUT2D eigenvalue weighted by Gasteiger charge is 2.12. The Morgan fingerprint density at radius 3 is 2.53 bits per heavy atom. The van der Waals surface area contributed by atoms with Crippen molar-refractivity contribution >= 4 is 0 Å². The zero-order valence-corrected chi connectivity index (χ0v) is 11.2. The first-order chi connectivity index (χ1) is 8.08. The van der Waals surface area contributed by atoms with E-state index in [0.29, 0.717) is 0 Å². The lowest BCUT2D eigenvalue weighted by molar-refractivity contribution is 0.241. The molecule has 17 heavy (non-hydrogen) atoms. The number of rotatable bonds is 6. The monoisotopic (exact) mass is 237 g/mol. The van der Waals surface area contributed by atoms with Crippen LogP contribution >= 0.6 is 0 Å². The Bertz CT molecular complexity index is 350. The average molecular weight is 237 g/mol. The summed E-state index contributed by atoms with van der Waals surface area (Å²) >= 11 is 0. The molecule has 1 atom stereocenters. The van der Waals surface area contributed by atoms with Gasteiger partial charge in [-0.1, -0.05) is 13.3 Å². The van der Waals surface area contributed by atoms with Crippen LogP contribution in [0.2, 0.25) is 0 Å². The first kappa shape index (κ1) is 13.8. The maximum atomic E-state index is 6.15. The molecule has 0 bridgehead atoms. The topological polar surface area (TPSA) is 44.5 Å². The molecule has 0 radical (unpaired) electrons. The highest BCUT2D eigenvalue weighted by molar-refractivity contribution is 5.42. The number of methoxy groups -OCH3 is 1. The molecule has 1 aromatic carbocycles. The Morgan fingerprint density at radius 1 is 1.29 bits per heavy atom. The minimum atomic E-state index is 0.00524. The van der Waals surface area contributed by atoms with Gasteiger partial charge in [0.05, 0.1) is 13.2 Å². The Kier molecular flexibility index (Phi) is 5.29. The van der Waals surface area contributed by atoms with Crippen molar-refractivity contribution < 1.29 is 9.47 Å². The van der Waals surface area contributed by atoms with Crippen molar-refractivity contribution in [2.24, 2.45) is 5.73 Å². The second kappa shape index (κ2) is 6.50. The van der Waals surface area contributed by atoms with Gasteiger partial charge in [0, 0.05) is 11.6 Å². The Morgan fingerprint density at radius 2 is 2.00 bits per heavy atom. The summed E-state index contributed by atoms with van der Waals surface area (Å²) in [6.07, 6.45) is 2.17. The average Bonchev–Trinajstić information content (AvgIpc) is 2.28. The molecule has 0 saturated carbocycles. The smallest absolute Gasteiger partial charge is 0.123 e. The second-order valence-corrected chi connectivity index (χ2v) is 4.47. The minimum absolute atomic E-state index is 0.00524. The normalized spacial score (nSPS) is 12.6. The summed E-state index contributed by atoms with van der Waals surface area (Å²) in [7, 11) is 1.67. The van der Waals surface area contributed by atoms with Crippen LogP contribution < -0.4 is 15.2 Å². The highest BCUT2D eigenvalue weighted by Crippen LogP contribution is 2.30. The van der Waals surface area contributed by atoms with Gasteiger partial charge < -0.3 is 15.2 Å². The molecular weight excluding hydrogens is 214 g/mol. The van der Waals surface area contributed by atoms with Gasteiger partial charge in [-0.15, -0.1) is 0 Å². The second-order valence-electron chi connectivity index (χ2n) is 4.47. The van der Waals surface area contributed by atoms with Crippen LogP contribution in [0.3, 0.4) is 0 Å². The van der Waals surface area contributed by atoms with Crippen LogP contribution in [0.25, 0.3) is 0 Å². The Balaban J connectivity index is 2.97. The van der Waals surface area contributed by atoms with E-state index in [-0.39, 0.29) is 12.1 Å². The first-order valence-corrected chi connectivity index (χ1v) is 6.18. The van der Waals surface area contributed by atoms with Gasteiger partial charge in [0.15, 0.2) is 0 Å². The van der Waals surface area contributed by atoms with E-state index in [4.69, 9.17) is 15.2 Å². The summed E-state index contributed by atoms with van der Waals surface area (Å²) in [5.74, 6) is 1.68. The zero-order chi connectivity index (χ0) is 12.8. The molecule has 0 aromatic heterocycles. The van der Waals surface area contributed by atoms with Crippen molar-refractivity contribution in [3.05, 3.63) is 23.8 Å². The molecule has 0 saturated heterocycles. The van der Waals surface area contributed by atoms with E-state index in [0.717, 1.165) is 29.9 Å². The number of ether oxygens (including phenoxy) is 2. The first-order valence-electron chi connectivity index (χ1n) is 6.18. The molecular formula is C14H23NO2. The molecule has 0 amide bonds. The van der Waals surface area contributed by atoms with Crippen LogP contribution in [0.1, 0.15) is 45.2 Å². The third-order valence-corrected chi connectivity index (χ3v) is 2.57. The van der Waals surface area contributed by atoms with Gasteiger partial charge in [-0.05, 0) is 38.5 Å². The number of nitrogens with two attached hydrogens (primary N) is 1. The van der Waals surface area contributed by atoms with E-state index in [1.165, 1.54) is 0 Å². The quantitative estimate of drug-likeness (QED) is 0.825. The molecule has 0 aliphatic rings. The van der Waals surface area contributed by atoms with Crippen LogP contribution in [0.5, 0.6) is 11.5 Å². The lowest BCUT2D eigenvalue weighted by Gasteiger charge is -2.17. The van der Waals surface area contributed by atoms with Gasteiger partial charge in [0.2, 0.25) is 0 Å². The molecule has 96 valence electrons. The van der Waals surface area contributed by atoms with Crippen LogP contribution in [-0.4, -0.2) is 13.2 Å². The van der Waals surface area contributed by atoms with Gasteiger partial charge >= 0.3 is 0 Å². The Hall–Kier alpha value is -1.22. The largest absolute Gasteiger partial charge is 0.496 e. The van der Waals surface area contributed by atoms with E-state index in [1.54, 1.807) is 7.11 Å². The molecule has 0 aliphatic heterocycles. The molecule has 2 N–H and O–H groups in total. The zero-order valence-electron chi connectivity index (χ0n) is 11.2. The fourth-order valence-corrected chi connectivity index (χ4v) is 1.81. The predicted molar refractivity (Wildman–Crippen MR) is 70.6 cm³/mol. The number of hydrogen-bond donors (Lipinski definition) is 1. The fourth-order valence-electron chi connectivity index (χ4n) is 1.81. The SMILES string of the molecule is CCCC(N)c1cc(OC(C)C)ccc1OC. The van der Waals surface area contributed by atoms with Gasteiger partial charge in [-0.3, -0.25) is 0 Å². The van der Waals surface area contributed by atoms with Crippen molar-refractivity contribution in [1.82, 2.24) is 0 Å². The van der Waals surface area contributed by atoms with E-state index >= 15 is 0 Å². The van der Waals surface area contributed by atoms with Gasteiger partial charge in [-0.2, -0.15) is 0 Å². The number of benzene rings is 1. The molecule has 0 heterocycles. The standard InChI is InChI=1S/C14H23NO2/c1-5-6-13(15)12-9-11(17-10(2)3)7-8-14(12)16-4/h7-10,13H,5-6,15H2,1-4H3. The maximum Gasteiger partial charge on any atom is 0.123 e. The van der Waals surface area contributed by atoms with E-state index < -0.39 is 0 Å². The van der Waals surface area contributed by atoms with E-state index in [2.05, 4.69) is 6.92 Å². The molecule has 3 heteroatoms. The Labute approximate surface area is 104 Å². The van der Waals surface area contributed by atoms with Crippen LogP contribution in [0.15, 0.2) is 18.2 Å². The van der Waals surface area contributed by atoms with Gasteiger partial charge in [-0.25, -0.2) is 0 Å². The third kappa shape index (κ3) is 3.93. The third-order valence-electron chi connectivity index (χ3n) is 2.57. The van der Waals surface area contributed by atoms with Crippen molar-refractivity contribution in [1.29, 1.82) is 0 Å². The van der Waals surface area contributed by atoms with Crippen molar-refractivity contribution in [3.8, 4) is 11.5 Å². The van der Waals surface area contributed by atoms with Crippen LogP contribution in [0.4, 0.5) is 0 Å². The molecule has 1 unspecified atom stereocenters. The molecule has 1 rings (SSSR count). The van der Waals surface area contributed by atoms with Crippen LogP contribution in [0, 0.1) is 0 Å². The molecule has 3 nitrogen and oxygen atoms in total. The van der Waals surface area contributed by atoms with E-state index in [9.17, 15) is 0 Å². The number of hydrogen-bond acceptors (Lipinski definition) is 3. The summed E-state index contributed by atoms with van der Waals surface area (Å²) in [5, 5.41) is 0. The molecule has 0 fully saturated rings.